The summed E-state index contributed by atoms with van der Waals surface area (Å²) in [4.78, 5) is 0. The van der Waals surface area contributed by atoms with E-state index >= 15 is 0 Å². The molecule has 0 fully saturated rings. The van der Waals surface area contributed by atoms with Crippen molar-refractivity contribution in [2.75, 3.05) is 18.6 Å². The van der Waals surface area contributed by atoms with Crippen LogP contribution in [-0.4, -0.2) is 23.7 Å². The number of thioether (sulfide) groups is 1. The van der Waals surface area contributed by atoms with Gasteiger partial charge in [-0.3, -0.25) is 0 Å². The quantitative estimate of drug-likeness (QED) is 0.555. The third-order valence-corrected chi connectivity index (χ3v) is 1.06. The second-order valence-corrected chi connectivity index (χ2v) is 2.02. The van der Waals surface area contributed by atoms with Crippen LogP contribution in [0.2, 0.25) is 0 Å². The molecule has 0 aromatic carbocycles. The Hall–Kier alpha value is 0.0500. The molecule has 0 saturated heterocycles. The van der Waals surface area contributed by atoms with Crippen LogP contribution < -0.4 is 0 Å². The first-order valence-corrected chi connectivity index (χ1v) is 3.56. The van der Waals surface area contributed by atoms with Gasteiger partial charge >= 0.3 is 0 Å². The average Bonchev–Trinajstić information content (AvgIpc) is 1.69. The summed E-state index contributed by atoms with van der Waals surface area (Å²) in [5.74, 6) is 1.00. The van der Waals surface area contributed by atoms with Gasteiger partial charge in [-0.1, -0.05) is 12.2 Å². The van der Waals surface area contributed by atoms with E-state index in [4.69, 9.17) is 5.11 Å². The van der Waals surface area contributed by atoms with Crippen LogP contribution in [0.3, 0.4) is 0 Å². The topological polar surface area (TPSA) is 20.2 Å². The summed E-state index contributed by atoms with van der Waals surface area (Å²) in [6.07, 6.45) is 5.73. The number of hydrogen-bond acceptors (Lipinski definition) is 2. The van der Waals surface area contributed by atoms with Crippen LogP contribution in [0.4, 0.5) is 0 Å². The molecule has 0 amide bonds. The summed E-state index contributed by atoms with van der Waals surface area (Å²) in [5, 5.41) is 8.20. The highest BCUT2D eigenvalue weighted by atomic mass is 32.2. The normalized spacial score (nSPS) is 10.6. The van der Waals surface area contributed by atoms with Crippen LogP contribution in [0.1, 0.15) is 0 Å². The van der Waals surface area contributed by atoms with Gasteiger partial charge in [-0.2, -0.15) is 11.8 Å². The minimum atomic E-state index is 0.167. The first-order chi connectivity index (χ1) is 3.41. The lowest BCUT2D eigenvalue weighted by Gasteiger charge is -1.80. The molecule has 0 spiro atoms. The lowest BCUT2D eigenvalue weighted by Crippen LogP contribution is -1.71. The van der Waals surface area contributed by atoms with Crippen molar-refractivity contribution in [1.82, 2.24) is 0 Å². The maximum Gasteiger partial charge on any atom is 0.0612 e. The predicted molar refractivity (Wildman–Crippen MR) is 34.6 cm³/mol. The first kappa shape index (κ1) is 7.05. The van der Waals surface area contributed by atoms with Gasteiger partial charge in [0.05, 0.1) is 6.61 Å². The maximum absolute atomic E-state index is 8.20. The van der Waals surface area contributed by atoms with Gasteiger partial charge in [-0.25, -0.2) is 0 Å². The molecule has 0 aromatic heterocycles. The molecule has 0 aliphatic carbocycles. The van der Waals surface area contributed by atoms with Gasteiger partial charge in [-0.15, -0.1) is 0 Å². The Labute approximate surface area is 48.4 Å². The van der Waals surface area contributed by atoms with Gasteiger partial charge in [0.2, 0.25) is 0 Å². The van der Waals surface area contributed by atoms with E-state index < -0.39 is 0 Å². The van der Waals surface area contributed by atoms with Gasteiger partial charge in [0.1, 0.15) is 0 Å². The monoisotopic (exact) mass is 118 g/mol. The zero-order chi connectivity index (χ0) is 5.54. The lowest BCUT2D eigenvalue weighted by molar-refractivity contribution is 0.342. The summed E-state index contributed by atoms with van der Waals surface area (Å²) >= 11 is 1.74. The Morgan fingerprint density at radius 1 is 1.57 bits per heavy atom. The molecule has 1 nitrogen and oxygen atoms in total. The zero-order valence-corrected chi connectivity index (χ0v) is 5.24. The number of hydrogen-bond donors (Lipinski definition) is 1. The first-order valence-electron chi connectivity index (χ1n) is 2.16. The third-order valence-electron chi connectivity index (χ3n) is 0.535. The van der Waals surface area contributed by atoms with Gasteiger partial charge in [0.15, 0.2) is 0 Å². The van der Waals surface area contributed by atoms with Gasteiger partial charge < -0.3 is 5.11 Å². The number of aliphatic hydroxyl groups excluding tert-OH is 1. The smallest absolute Gasteiger partial charge is 0.0612 e. The van der Waals surface area contributed by atoms with E-state index in [-0.39, 0.29) is 6.61 Å². The predicted octanol–water partition coefficient (Wildman–Crippen LogP) is 0.898. The van der Waals surface area contributed by atoms with Crippen LogP contribution in [0.5, 0.6) is 0 Å². The second-order valence-electron chi connectivity index (χ2n) is 1.11. The summed E-state index contributed by atoms with van der Waals surface area (Å²) < 4.78 is 0. The molecule has 0 atom stereocenters. The van der Waals surface area contributed by atoms with E-state index in [1.165, 1.54) is 0 Å². The molecular formula is C5H10OS. The van der Waals surface area contributed by atoms with E-state index in [1.54, 1.807) is 17.8 Å². The largest absolute Gasteiger partial charge is 0.392 e. The molecule has 0 aliphatic rings. The Bertz CT molecular complexity index is 52.0. The summed E-state index contributed by atoms with van der Waals surface area (Å²) in [7, 11) is 0. The molecule has 0 saturated carbocycles. The van der Waals surface area contributed by atoms with Crippen molar-refractivity contribution in [2.24, 2.45) is 0 Å². The van der Waals surface area contributed by atoms with Crippen molar-refractivity contribution in [3.05, 3.63) is 12.2 Å². The molecule has 0 aromatic rings. The Morgan fingerprint density at radius 2 is 2.29 bits per heavy atom. The molecule has 0 aliphatic heterocycles. The second kappa shape index (κ2) is 6.05. The van der Waals surface area contributed by atoms with Crippen LogP contribution in [0.25, 0.3) is 0 Å². The molecule has 0 radical (unpaired) electrons. The third kappa shape index (κ3) is 6.05. The molecule has 2 heteroatoms. The molecule has 7 heavy (non-hydrogen) atoms. The fourth-order valence-corrected chi connectivity index (χ4v) is 0.567. The van der Waals surface area contributed by atoms with E-state index in [2.05, 4.69) is 0 Å². The minimum Gasteiger partial charge on any atom is -0.392 e. The summed E-state index contributed by atoms with van der Waals surface area (Å²) in [6.45, 7) is 0.167. The SMILES string of the molecule is CSC/C=C/CO. The van der Waals surface area contributed by atoms with Crippen LogP contribution in [0, 0.1) is 0 Å². The molecule has 1 N–H and O–H groups in total. The van der Waals surface area contributed by atoms with Gasteiger partial charge in [-0.05, 0) is 6.26 Å². The number of rotatable bonds is 3. The zero-order valence-electron chi connectivity index (χ0n) is 4.42. The van der Waals surface area contributed by atoms with Crippen molar-refractivity contribution >= 4 is 11.8 Å². The summed E-state index contributed by atoms with van der Waals surface area (Å²) in [5.41, 5.74) is 0. The van der Waals surface area contributed by atoms with Crippen LogP contribution in [0.15, 0.2) is 12.2 Å². The molecule has 0 heterocycles. The Balaban J connectivity index is 2.78. The Morgan fingerprint density at radius 3 is 2.71 bits per heavy atom. The lowest BCUT2D eigenvalue weighted by atomic mass is 10.6. The summed E-state index contributed by atoms with van der Waals surface area (Å²) in [6, 6.07) is 0. The molecular weight excluding hydrogens is 108 g/mol. The molecule has 42 valence electrons. The van der Waals surface area contributed by atoms with Crippen LogP contribution in [-0.2, 0) is 0 Å². The van der Waals surface area contributed by atoms with E-state index in [0.717, 1.165) is 5.75 Å². The fourth-order valence-electron chi connectivity index (χ4n) is 0.239. The van der Waals surface area contributed by atoms with Crippen molar-refractivity contribution in [3.8, 4) is 0 Å². The highest BCUT2D eigenvalue weighted by Gasteiger charge is 1.68. The highest BCUT2D eigenvalue weighted by Crippen LogP contribution is 1.89. The van der Waals surface area contributed by atoms with Gasteiger partial charge in [0.25, 0.3) is 0 Å². The maximum atomic E-state index is 8.20. The van der Waals surface area contributed by atoms with E-state index in [9.17, 15) is 0 Å². The average molecular weight is 118 g/mol. The Kier molecular flexibility index (Phi) is 6.09. The van der Waals surface area contributed by atoms with Gasteiger partial charge in [0, 0.05) is 5.75 Å². The number of aliphatic hydroxyl groups is 1. The van der Waals surface area contributed by atoms with Crippen LogP contribution >= 0.6 is 11.8 Å². The van der Waals surface area contributed by atoms with Crippen molar-refractivity contribution in [3.63, 3.8) is 0 Å². The minimum absolute atomic E-state index is 0.167. The van der Waals surface area contributed by atoms with E-state index in [1.807, 2.05) is 12.3 Å². The standard InChI is InChI=1S/C5H10OS/c1-7-5-3-2-4-6/h2-3,6H,4-5H2,1H3/b3-2+. The molecule has 0 rings (SSSR count). The van der Waals surface area contributed by atoms with E-state index in [0.29, 0.717) is 0 Å². The van der Waals surface area contributed by atoms with Crippen molar-refractivity contribution in [2.45, 2.75) is 0 Å². The fraction of sp³-hybridized carbons (Fsp3) is 0.600. The van der Waals surface area contributed by atoms with Crippen molar-refractivity contribution < 1.29 is 5.11 Å². The molecule has 0 bridgehead atoms. The highest BCUT2D eigenvalue weighted by molar-refractivity contribution is 7.98. The van der Waals surface area contributed by atoms with Crippen molar-refractivity contribution in [1.29, 1.82) is 0 Å². The molecule has 0 unspecified atom stereocenters.